The third-order valence-electron chi connectivity index (χ3n) is 5.02. The topological polar surface area (TPSA) is 55.2 Å². The molecule has 0 unspecified atom stereocenters. The summed E-state index contributed by atoms with van der Waals surface area (Å²) in [6.45, 7) is 1.61. The predicted octanol–water partition coefficient (Wildman–Crippen LogP) is 3.86. The lowest BCUT2D eigenvalue weighted by atomic mass is 10.1. The van der Waals surface area contributed by atoms with Crippen molar-refractivity contribution in [1.82, 2.24) is 14.7 Å². The Morgan fingerprint density at radius 1 is 1.07 bits per heavy atom. The first-order valence-corrected chi connectivity index (χ1v) is 11.6. The van der Waals surface area contributed by atoms with E-state index in [1.165, 1.54) is 0 Å². The first-order valence-electron chi connectivity index (χ1n) is 9.78. The Bertz CT molecular complexity index is 1080. The maximum Gasteiger partial charge on any atom is 0.246 e. The van der Waals surface area contributed by atoms with E-state index in [-0.39, 0.29) is 5.91 Å². The van der Waals surface area contributed by atoms with E-state index in [0.29, 0.717) is 36.2 Å². The summed E-state index contributed by atoms with van der Waals surface area (Å²) >= 11 is 6.31. The van der Waals surface area contributed by atoms with Crippen LogP contribution in [0.15, 0.2) is 66.9 Å². The van der Waals surface area contributed by atoms with E-state index in [0.717, 1.165) is 22.4 Å². The Kier molecular flexibility index (Phi) is 6.45. The Morgan fingerprint density at radius 2 is 1.77 bits per heavy atom. The number of hydrogen-bond donors (Lipinski definition) is 0. The predicted molar refractivity (Wildman–Crippen MR) is 122 cm³/mol. The van der Waals surface area contributed by atoms with Crippen LogP contribution in [0.5, 0.6) is 0 Å². The second-order valence-electron chi connectivity index (χ2n) is 7.09. The molecule has 0 bridgehead atoms. The summed E-state index contributed by atoms with van der Waals surface area (Å²) in [5, 5.41) is 5.46. The fraction of sp³-hybridized carbons (Fsp3) is 0.217. The maximum absolute atomic E-state index is 12.6. The number of halogens is 1. The minimum atomic E-state index is -0.806. The van der Waals surface area contributed by atoms with E-state index in [9.17, 15) is 9.00 Å². The van der Waals surface area contributed by atoms with Crippen molar-refractivity contribution in [3.8, 4) is 11.3 Å². The minimum absolute atomic E-state index is 0.0652. The molecular formula is C23H22ClN3O2S. The van der Waals surface area contributed by atoms with Gasteiger partial charge in [-0.2, -0.15) is 5.10 Å². The Balaban J connectivity index is 1.60. The number of amides is 1. The van der Waals surface area contributed by atoms with Crippen molar-refractivity contribution in [2.75, 3.05) is 24.6 Å². The Morgan fingerprint density at radius 3 is 2.50 bits per heavy atom. The van der Waals surface area contributed by atoms with E-state index < -0.39 is 10.8 Å². The van der Waals surface area contributed by atoms with Gasteiger partial charge in [0.05, 0.1) is 12.2 Å². The molecule has 7 heteroatoms. The summed E-state index contributed by atoms with van der Waals surface area (Å²) in [6, 6.07) is 17.6. The number of carbonyl (C=O) groups excluding carboxylic acids is 1. The third kappa shape index (κ3) is 4.89. The fourth-order valence-corrected chi connectivity index (χ4v) is 4.63. The fourth-order valence-electron chi connectivity index (χ4n) is 3.39. The van der Waals surface area contributed by atoms with Gasteiger partial charge in [0.25, 0.3) is 0 Å². The number of hydrogen-bond acceptors (Lipinski definition) is 3. The van der Waals surface area contributed by atoms with Gasteiger partial charge in [-0.25, -0.2) is 0 Å². The lowest BCUT2D eigenvalue weighted by Crippen LogP contribution is -2.40. The molecule has 1 aliphatic heterocycles. The molecule has 5 nitrogen and oxygen atoms in total. The SMILES string of the molecule is O=C(/C=C/c1cn(Cc2ccccc2Cl)nc1-c1ccccc1)N1CCS(=O)CC1. The molecule has 1 fully saturated rings. The van der Waals surface area contributed by atoms with Crippen LogP contribution in [0.3, 0.4) is 0 Å². The van der Waals surface area contributed by atoms with Crippen molar-refractivity contribution in [1.29, 1.82) is 0 Å². The number of rotatable bonds is 5. The van der Waals surface area contributed by atoms with Crippen LogP contribution in [0.2, 0.25) is 5.02 Å². The molecule has 154 valence electrons. The van der Waals surface area contributed by atoms with Gasteiger partial charge in [-0.3, -0.25) is 13.7 Å². The number of nitrogens with zero attached hydrogens (tertiary/aromatic N) is 3. The van der Waals surface area contributed by atoms with E-state index >= 15 is 0 Å². The molecule has 2 heterocycles. The molecule has 1 aliphatic rings. The van der Waals surface area contributed by atoms with Gasteiger partial charge in [-0.05, 0) is 17.7 Å². The molecule has 30 heavy (non-hydrogen) atoms. The first-order chi connectivity index (χ1) is 14.6. The Labute approximate surface area is 183 Å². The second kappa shape index (κ2) is 9.41. The first kappa shape index (κ1) is 20.6. The summed E-state index contributed by atoms with van der Waals surface area (Å²) in [6.07, 6.45) is 5.32. The monoisotopic (exact) mass is 439 g/mol. The highest BCUT2D eigenvalue weighted by Gasteiger charge is 2.18. The summed E-state index contributed by atoms with van der Waals surface area (Å²) in [5.74, 6) is 1.03. The zero-order valence-corrected chi connectivity index (χ0v) is 18.0. The van der Waals surface area contributed by atoms with Crippen LogP contribution >= 0.6 is 11.6 Å². The van der Waals surface area contributed by atoms with Gasteiger partial charge in [0.2, 0.25) is 5.91 Å². The molecular weight excluding hydrogens is 418 g/mol. The number of aromatic nitrogens is 2. The Hall–Kier alpha value is -2.70. The molecule has 1 amide bonds. The molecule has 1 saturated heterocycles. The van der Waals surface area contributed by atoms with E-state index in [2.05, 4.69) is 0 Å². The molecule has 0 saturated carbocycles. The molecule has 1 aromatic heterocycles. The van der Waals surface area contributed by atoms with Crippen LogP contribution in [0.1, 0.15) is 11.1 Å². The molecule has 0 spiro atoms. The lowest BCUT2D eigenvalue weighted by Gasteiger charge is -2.24. The molecule has 0 aliphatic carbocycles. The number of carbonyl (C=O) groups is 1. The molecule has 0 atom stereocenters. The average Bonchev–Trinajstić information content (AvgIpc) is 3.17. The van der Waals surface area contributed by atoms with Crippen molar-refractivity contribution in [2.24, 2.45) is 0 Å². The van der Waals surface area contributed by atoms with Crippen LogP contribution in [0.4, 0.5) is 0 Å². The number of benzene rings is 2. The summed E-state index contributed by atoms with van der Waals surface area (Å²) in [4.78, 5) is 14.3. The zero-order valence-electron chi connectivity index (χ0n) is 16.4. The summed E-state index contributed by atoms with van der Waals surface area (Å²) < 4.78 is 13.4. The highest BCUT2D eigenvalue weighted by molar-refractivity contribution is 7.85. The quantitative estimate of drug-likeness (QED) is 0.567. The lowest BCUT2D eigenvalue weighted by molar-refractivity contribution is -0.125. The van der Waals surface area contributed by atoms with E-state index in [4.69, 9.17) is 16.7 Å². The van der Waals surface area contributed by atoms with Gasteiger partial charge < -0.3 is 4.90 Å². The maximum atomic E-state index is 12.6. The van der Waals surface area contributed by atoms with Crippen LogP contribution in [-0.4, -0.2) is 49.4 Å². The minimum Gasteiger partial charge on any atom is -0.337 e. The average molecular weight is 440 g/mol. The van der Waals surface area contributed by atoms with Crippen LogP contribution in [0.25, 0.3) is 17.3 Å². The third-order valence-corrected chi connectivity index (χ3v) is 6.67. The second-order valence-corrected chi connectivity index (χ2v) is 9.20. The normalized spacial score (nSPS) is 15.0. The molecule has 0 N–H and O–H groups in total. The van der Waals surface area contributed by atoms with Gasteiger partial charge in [0.15, 0.2) is 0 Å². The van der Waals surface area contributed by atoms with Crippen molar-refractivity contribution >= 4 is 34.4 Å². The van der Waals surface area contributed by atoms with Crippen LogP contribution in [0, 0.1) is 0 Å². The molecule has 3 aromatic rings. The van der Waals surface area contributed by atoms with Crippen molar-refractivity contribution in [3.05, 3.63) is 83.0 Å². The highest BCUT2D eigenvalue weighted by Crippen LogP contribution is 2.24. The van der Waals surface area contributed by atoms with Crippen LogP contribution in [-0.2, 0) is 22.1 Å². The zero-order chi connectivity index (χ0) is 20.9. The highest BCUT2D eigenvalue weighted by atomic mass is 35.5. The molecule has 4 rings (SSSR count). The van der Waals surface area contributed by atoms with Crippen molar-refractivity contribution in [3.63, 3.8) is 0 Å². The summed E-state index contributed by atoms with van der Waals surface area (Å²) in [7, 11) is -0.806. The van der Waals surface area contributed by atoms with Crippen molar-refractivity contribution < 1.29 is 9.00 Å². The summed E-state index contributed by atoms with van der Waals surface area (Å²) in [5.41, 5.74) is 3.64. The largest absolute Gasteiger partial charge is 0.337 e. The van der Waals surface area contributed by atoms with Gasteiger partial charge >= 0.3 is 0 Å². The van der Waals surface area contributed by atoms with Crippen LogP contribution < -0.4 is 0 Å². The standard InChI is InChI=1S/C23H22ClN3O2S/c24-21-9-5-4-8-19(21)16-27-17-20(23(25-27)18-6-2-1-3-7-18)10-11-22(28)26-12-14-30(29)15-13-26/h1-11,17H,12-16H2/b11-10+. The smallest absolute Gasteiger partial charge is 0.246 e. The molecule has 0 radical (unpaired) electrons. The van der Waals surface area contributed by atoms with E-state index in [1.54, 1.807) is 11.0 Å². The van der Waals surface area contributed by atoms with Gasteiger partial charge in [0, 0.05) is 63.8 Å². The van der Waals surface area contributed by atoms with Gasteiger partial charge in [0.1, 0.15) is 0 Å². The van der Waals surface area contributed by atoms with Gasteiger partial charge in [-0.1, -0.05) is 60.1 Å². The van der Waals surface area contributed by atoms with Crippen molar-refractivity contribution in [2.45, 2.75) is 6.54 Å². The van der Waals surface area contributed by atoms with E-state index in [1.807, 2.05) is 71.6 Å². The molecule has 2 aromatic carbocycles. The van der Waals surface area contributed by atoms with Gasteiger partial charge in [-0.15, -0.1) is 0 Å².